The topological polar surface area (TPSA) is 280 Å². The number of benzene rings is 5. The Labute approximate surface area is 462 Å². The zero-order valence-corrected chi connectivity index (χ0v) is 44.8. The number of anilines is 7. The molecule has 0 atom stereocenters. The fourth-order valence-electron chi connectivity index (χ4n) is 7.53. The summed E-state index contributed by atoms with van der Waals surface area (Å²) in [6, 6.07) is 37.2. The number of nitrogens with one attached hydrogen (secondary N) is 3. The second-order valence-corrected chi connectivity index (χ2v) is 18.2. The molecule has 0 unspecified atom stereocenters. The Morgan fingerprint density at radius 3 is 1.51 bits per heavy atom. The first-order valence-electron chi connectivity index (χ1n) is 23.3. The molecule has 0 radical (unpaired) electrons. The average molecular weight is 1120 g/mol. The first-order valence-corrected chi connectivity index (χ1v) is 24.8. The number of ether oxygens (including phenoxy) is 2. The summed E-state index contributed by atoms with van der Waals surface area (Å²) in [5, 5.41) is 9.33. The van der Waals surface area contributed by atoms with Crippen molar-refractivity contribution >= 4 is 105 Å². The number of nitrogen functional groups attached to an aromatic ring is 2. The molecule has 0 saturated heterocycles. The van der Waals surface area contributed by atoms with Crippen molar-refractivity contribution < 1.29 is 23.9 Å². The van der Waals surface area contributed by atoms with Crippen LogP contribution in [0.15, 0.2) is 121 Å². The summed E-state index contributed by atoms with van der Waals surface area (Å²) in [6.07, 6.45) is 1.84. The van der Waals surface area contributed by atoms with Crippen molar-refractivity contribution in [3.05, 3.63) is 187 Å². The van der Waals surface area contributed by atoms with Gasteiger partial charge in [0.25, 0.3) is 5.91 Å². The van der Waals surface area contributed by atoms with E-state index in [4.69, 9.17) is 57.9 Å². The summed E-state index contributed by atoms with van der Waals surface area (Å²) in [5.74, 6) is 0.798. The van der Waals surface area contributed by atoms with Crippen molar-refractivity contribution in [3.63, 3.8) is 0 Å². The molecule has 0 bridgehead atoms. The van der Waals surface area contributed by atoms with Crippen molar-refractivity contribution in [2.24, 2.45) is 0 Å². The van der Waals surface area contributed by atoms with Crippen molar-refractivity contribution in [2.45, 2.75) is 38.5 Å². The number of carbonyl (C=O) groups excluding carboxylic acids is 3. The van der Waals surface area contributed by atoms with Gasteiger partial charge in [0.05, 0.1) is 36.7 Å². The standard InChI is InChI=1S/C27H28N8O.C13H12Cl2N4O2.C12H10Cl2N4O2/c1-35(16-17-10-12-18(13-11-17)24(36)31-23-9-5-4-8-22(23)28)27-33-25(29)32-26(34-27)30-21-14-19-6-2-3-7-20(19)15-21;1-19(13-17-11(14)16-12(15)18-13)7-8-3-5-9(6-4-8)10(20)21-2;1-20-9(19)8-4-2-7(3-5-8)6-15-12-17-10(13)16-11(14)18-12/h2-13,21H,14-16,28H2,1H3,(H,31,36)(H3,29,30,32,33,34);3-6H,7H2,1-2H3;2-5H,6H2,1H3,(H,15,16,17,18). The number of carbonyl (C=O) groups is 3. The first-order chi connectivity index (χ1) is 37.0. The van der Waals surface area contributed by atoms with Gasteiger partial charge in [-0.25, -0.2) is 9.59 Å². The van der Waals surface area contributed by atoms with Crippen LogP contribution in [0.2, 0.25) is 21.1 Å². The van der Waals surface area contributed by atoms with Gasteiger partial charge in [0.2, 0.25) is 50.9 Å². The van der Waals surface area contributed by atoms with E-state index in [1.807, 2.05) is 48.3 Å². The number of esters is 2. The third kappa shape index (κ3) is 16.5. The quantitative estimate of drug-likeness (QED) is 0.0474. The average Bonchev–Trinajstić information content (AvgIpc) is 3.83. The zero-order valence-electron chi connectivity index (χ0n) is 41.8. The lowest BCUT2D eigenvalue weighted by Gasteiger charge is -2.19. The molecule has 7 N–H and O–H groups in total. The number of hydrogen-bond donors (Lipinski definition) is 5. The van der Waals surface area contributed by atoms with E-state index < -0.39 is 0 Å². The molecule has 0 saturated carbocycles. The van der Waals surface area contributed by atoms with Crippen LogP contribution in [-0.4, -0.2) is 97.1 Å². The zero-order chi connectivity index (χ0) is 55.0. The third-order valence-corrected chi connectivity index (χ3v) is 12.0. The number of nitrogens with two attached hydrogens (primary N) is 2. The van der Waals surface area contributed by atoms with Crippen LogP contribution >= 0.6 is 46.4 Å². The number of para-hydroxylation sites is 2. The van der Waals surface area contributed by atoms with Gasteiger partial charge in [0.1, 0.15) is 0 Å². The summed E-state index contributed by atoms with van der Waals surface area (Å²) in [5.41, 5.74) is 20.1. The summed E-state index contributed by atoms with van der Waals surface area (Å²) in [6.45, 7) is 1.52. The van der Waals surface area contributed by atoms with E-state index >= 15 is 0 Å². The lowest BCUT2D eigenvalue weighted by atomic mass is 10.1. The largest absolute Gasteiger partial charge is 0.465 e. The molecule has 9 rings (SSSR count). The highest BCUT2D eigenvalue weighted by Crippen LogP contribution is 2.25. The summed E-state index contributed by atoms with van der Waals surface area (Å²) in [7, 11) is 6.38. The minimum atomic E-state index is -0.375. The minimum absolute atomic E-state index is 0.0218. The number of methoxy groups -OCH3 is 2. The van der Waals surface area contributed by atoms with Crippen LogP contribution in [0.5, 0.6) is 0 Å². The molecule has 396 valence electrons. The highest BCUT2D eigenvalue weighted by atomic mass is 35.5. The van der Waals surface area contributed by atoms with Gasteiger partial charge in [0.15, 0.2) is 0 Å². The van der Waals surface area contributed by atoms with Crippen LogP contribution in [0, 0.1) is 0 Å². The number of aromatic nitrogens is 9. The molecule has 0 spiro atoms. The fourth-order valence-corrected chi connectivity index (χ4v) is 8.25. The molecular formula is C52H50Cl4N16O5. The van der Waals surface area contributed by atoms with E-state index in [-0.39, 0.29) is 56.9 Å². The number of rotatable bonds is 15. The molecule has 77 heavy (non-hydrogen) atoms. The van der Waals surface area contributed by atoms with Gasteiger partial charge in [-0.15, -0.1) is 0 Å². The molecule has 25 heteroatoms. The molecule has 0 fully saturated rings. The van der Waals surface area contributed by atoms with Crippen molar-refractivity contribution in [2.75, 3.05) is 65.5 Å². The van der Waals surface area contributed by atoms with Gasteiger partial charge in [-0.3, -0.25) is 4.79 Å². The van der Waals surface area contributed by atoms with Crippen LogP contribution in [-0.2, 0) is 41.9 Å². The van der Waals surface area contributed by atoms with Gasteiger partial charge >= 0.3 is 11.9 Å². The first kappa shape index (κ1) is 56.2. The SMILES string of the molecule is CN(Cc1ccc(C(=O)Nc2ccccc2N)cc1)c1nc(N)nc(NC2Cc3ccccc3C2)n1.COC(=O)c1ccc(CN(C)c2nc(Cl)nc(Cl)n2)cc1.COC(=O)c1ccc(CNc2nc(Cl)nc(Cl)n2)cc1. The van der Waals surface area contributed by atoms with E-state index in [1.54, 1.807) is 72.6 Å². The predicted molar refractivity (Wildman–Crippen MR) is 298 cm³/mol. The molecule has 1 aliphatic carbocycles. The van der Waals surface area contributed by atoms with Gasteiger partial charge in [0, 0.05) is 45.3 Å². The Kier molecular flexibility index (Phi) is 19.6. The predicted octanol–water partition coefficient (Wildman–Crippen LogP) is 8.68. The van der Waals surface area contributed by atoms with Crippen molar-refractivity contribution in [1.29, 1.82) is 0 Å². The highest BCUT2D eigenvalue weighted by Gasteiger charge is 2.22. The summed E-state index contributed by atoms with van der Waals surface area (Å²) in [4.78, 5) is 75.2. The van der Waals surface area contributed by atoms with Crippen LogP contribution in [0.3, 0.4) is 0 Å². The molecule has 0 aliphatic heterocycles. The van der Waals surface area contributed by atoms with Crippen LogP contribution in [0.1, 0.15) is 58.9 Å². The minimum Gasteiger partial charge on any atom is -0.465 e. The number of fused-ring (bicyclic) bond motifs is 1. The number of nitrogens with zero attached hydrogens (tertiary/aromatic N) is 11. The van der Waals surface area contributed by atoms with Gasteiger partial charge in [-0.2, -0.15) is 44.9 Å². The normalized spacial score (nSPS) is 11.4. The molecule has 8 aromatic rings. The van der Waals surface area contributed by atoms with Gasteiger partial charge < -0.3 is 46.7 Å². The Hall–Kier alpha value is -8.50. The van der Waals surface area contributed by atoms with E-state index in [0.717, 1.165) is 29.5 Å². The molecule has 5 aromatic carbocycles. The smallest absolute Gasteiger partial charge is 0.337 e. The number of amides is 1. The van der Waals surface area contributed by atoms with Gasteiger partial charge in [-0.05, 0) is 136 Å². The lowest BCUT2D eigenvalue weighted by molar-refractivity contribution is 0.0592. The Morgan fingerprint density at radius 2 is 1.00 bits per heavy atom. The molecule has 1 amide bonds. The van der Waals surface area contributed by atoms with E-state index in [2.05, 4.69) is 94.5 Å². The van der Waals surface area contributed by atoms with Crippen LogP contribution < -0.4 is 37.2 Å². The second kappa shape index (κ2) is 26.8. The van der Waals surface area contributed by atoms with E-state index in [0.29, 0.717) is 65.5 Å². The maximum atomic E-state index is 12.6. The maximum absolute atomic E-state index is 12.6. The lowest BCUT2D eigenvalue weighted by Crippen LogP contribution is -2.24. The van der Waals surface area contributed by atoms with Crippen molar-refractivity contribution in [3.8, 4) is 0 Å². The molecule has 3 heterocycles. The van der Waals surface area contributed by atoms with Crippen LogP contribution in [0.4, 0.5) is 41.1 Å². The number of halogens is 4. The van der Waals surface area contributed by atoms with Crippen molar-refractivity contribution in [1.82, 2.24) is 44.9 Å². The maximum Gasteiger partial charge on any atom is 0.337 e. The Morgan fingerprint density at radius 1 is 0.545 bits per heavy atom. The van der Waals surface area contributed by atoms with Gasteiger partial charge in [-0.1, -0.05) is 72.8 Å². The highest BCUT2D eigenvalue weighted by molar-refractivity contribution is 6.31. The Bertz CT molecular complexity index is 3260. The summed E-state index contributed by atoms with van der Waals surface area (Å²) < 4.78 is 9.27. The fraction of sp³-hybridized carbons (Fsp3) is 0.192. The molecule has 3 aromatic heterocycles. The monoisotopic (exact) mass is 1120 g/mol. The van der Waals surface area contributed by atoms with E-state index in [1.165, 1.54) is 25.3 Å². The second-order valence-electron chi connectivity index (χ2n) is 16.9. The molecule has 1 aliphatic rings. The number of hydrogen-bond acceptors (Lipinski definition) is 20. The molecule has 21 nitrogen and oxygen atoms in total. The Balaban J connectivity index is 0.000000180. The summed E-state index contributed by atoms with van der Waals surface area (Å²) >= 11 is 22.8. The third-order valence-electron chi connectivity index (χ3n) is 11.3. The van der Waals surface area contributed by atoms with E-state index in [9.17, 15) is 14.4 Å². The van der Waals surface area contributed by atoms with Crippen LogP contribution in [0.25, 0.3) is 0 Å². The molecular weight excluding hydrogens is 1070 g/mol.